The molecule has 1 aromatic carbocycles. The number of aliphatic imine (C=N–C) groups is 1. The van der Waals surface area contributed by atoms with Crippen LogP contribution in [0.15, 0.2) is 48.1 Å². The van der Waals surface area contributed by atoms with Crippen LogP contribution in [-0.2, 0) is 6.42 Å². The molecule has 2 atom stereocenters. The summed E-state index contributed by atoms with van der Waals surface area (Å²) in [6, 6.07) is 6.92. The van der Waals surface area contributed by atoms with Gasteiger partial charge >= 0.3 is 0 Å². The molecule has 2 N–H and O–H groups in total. The van der Waals surface area contributed by atoms with Gasteiger partial charge in [-0.25, -0.2) is 4.98 Å². The van der Waals surface area contributed by atoms with E-state index in [-0.39, 0.29) is 24.0 Å². The Morgan fingerprint density at radius 2 is 2.23 bits per heavy atom. The fourth-order valence-electron chi connectivity index (χ4n) is 4.37. The van der Waals surface area contributed by atoms with Crippen molar-refractivity contribution >= 4 is 40.8 Å². The van der Waals surface area contributed by atoms with E-state index < -0.39 is 0 Å². The van der Waals surface area contributed by atoms with E-state index in [2.05, 4.69) is 76.1 Å². The molecule has 3 heterocycles. The third-order valence-corrected chi connectivity index (χ3v) is 6.11. The third-order valence-electron chi connectivity index (χ3n) is 6.11. The molecule has 0 aliphatic carbocycles. The number of halogens is 1. The summed E-state index contributed by atoms with van der Waals surface area (Å²) in [6.07, 6.45) is 10.1. The largest absolute Gasteiger partial charge is 0.361 e. The summed E-state index contributed by atoms with van der Waals surface area (Å²) in [7, 11) is 0. The molecular formula is C23H33IN6. The van der Waals surface area contributed by atoms with Crippen LogP contribution >= 0.6 is 24.0 Å². The molecule has 1 saturated heterocycles. The molecule has 1 aliphatic heterocycles. The second-order valence-corrected chi connectivity index (χ2v) is 8.09. The zero-order chi connectivity index (χ0) is 20.2. The van der Waals surface area contributed by atoms with E-state index in [4.69, 9.17) is 4.99 Å². The summed E-state index contributed by atoms with van der Waals surface area (Å²) < 4.78 is 2.24. The van der Waals surface area contributed by atoms with Gasteiger partial charge in [-0.05, 0) is 43.7 Å². The van der Waals surface area contributed by atoms with Gasteiger partial charge in [-0.3, -0.25) is 4.99 Å². The summed E-state index contributed by atoms with van der Waals surface area (Å²) >= 11 is 0. The van der Waals surface area contributed by atoms with Crippen LogP contribution in [0, 0.1) is 12.8 Å². The number of rotatable bonds is 5. The first-order valence-corrected chi connectivity index (χ1v) is 10.7. The fourth-order valence-corrected chi connectivity index (χ4v) is 4.37. The Labute approximate surface area is 196 Å². The first-order chi connectivity index (χ1) is 14.2. The summed E-state index contributed by atoms with van der Waals surface area (Å²) in [5.74, 6) is 1.67. The third kappa shape index (κ3) is 4.82. The lowest BCUT2D eigenvalue weighted by atomic mass is 9.93. The topological polar surface area (TPSA) is 61.2 Å². The van der Waals surface area contributed by atoms with E-state index in [9.17, 15) is 0 Å². The van der Waals surface area contributed by atoms with Crippen LogP contribution in [0.2, 0.25) is 0 Å². The van der Waals surface area contributed by atoms with Crippen LogP contribution in [0.3, 0.4) is 0 Å². The van der Waals surface area contributed by atoms with E-state index in [1.54, 1.807) is 0 Å². The van der Waals surface area contributed by atoms with Gasteiger partial charge < -0.3 is 19.8 Å². The van der Waals surface area contributed by atoms with Gasteiger partial charge in [-0.1, -0.05) is 25.1 Å². The normalized spacial score (nSPS) is 19.7. The van der Waals surface area contributed by atoms with Crippen molar-refractivity contribution in [2.75, 3.05) is 26.2 Å². The summed E-state index contributed by atoms with van der Waals surface area (Å²) in [5.41, 5.74) is 3.87. The number of aromatic nitrogens is 3. The Morgan fingerprint density at radius 3 is 3.00 bits per heavy atom. The maximum atomic E-state index is 4.97. The van der Waals surface area contributed by atoms with E-state index >= 15 is 0 Å². The van der Waals surface area contributed by atoms with Gasteiger partial charge in [-0.15, -0.1) is 24.0 Å². The van der Waals surface area contributed by atoms with Crippen LogP contribution in [0.4, 0.5) is 0 Å². The molecule has 30 heavy (non-hydrogen) atoms. The van der Waals surface area contributed by atoms with Crippen LogP contribution in [0.25, 0.3) is 10.9 Å². The second-order valence-electron chi connectivity index (χ2n) is 8.09. The molecular weight excluding hydrogens is 487 g/mol. The van der Waals surface area contributed by atoms with Crippen molar-refractivity contribution in [3.63, 3.8) is 0 Å². The molecule has 1 aliphatic rings. The number of para-hydroxylation sites is 1. The molecule has 0 saturated carbocycles. The lowest BCUT2D eigenvalue weighted by molar-refractivity contribution is 0.189. The molecule has 162 valence electrons. The van der Waals surface area contributed by atoms with Gasteiger partial charge in [0.1, 0.15) is 0 Å². The number of fused-ring (bicyclic) bond motifs is 1. The standard InChI is InChI=1S/C23H32N6.HI/c1-4-25-23(28-12-9-17(2)21(15-28)29-13-11-24-16-29)26-10-8-19-14-27-22-18(3)6-5-7-20(19)22;/h5-7,11,13-14,16-17,21,27H,4,8-10,12,15H2,1-3H3,(H,25,26);1H. The highest BCUT2D eigenvalue weighted by molar-refractivity contribution is 14.0. The SMILES string of the molecule is CCNC(=NCCc1c[nH]c2c(C)cccc12)N1CCC(C)C(n2ccnc2)C1.I. The molecule has 1 fully saturated rings. The van der Waals surface area contributed by atoms with E-state index in [1.807, 2.05) is 12.5 Å². The maximum absolute atomic E-state index is 4.97. The van der Waals surface area contributed by atoms with Crippen LogP contribution in [0.5, 0.6) is 0 Å². The monoisotopic (exact) mass is 520 g/mol. The quantitative estimate of drug-likeness (QED) is 0.298. The van der Waals surface area contributed by atoms with E-state index in [0.717, 1.165) is 45.0 Å². The number of aryl methyl sites for hydroxylation is 1. The molecule has 4 rings (SSSR count). The van der Waals surface area contributed by atoms with Gasteiger partial charge in [-0.2, -0.15) is 0 Å². The smallest absolute Gasteiger partial charge is 0.193 e. The molecule has 6 nitrogen and oxygen atoms in total. The van der Waals surface area contributed by atoms with Crippen LogP contribution in [0.1, 0.15) is 37.4 Å². The number of hydrogen-bond acceptors (Lipinski definition) is 2. The Bertz CT molecular complexity index is 961. The average Bonchev–Trinajstić information content (AvgIpc) is 3.39. The number of benzene rings is 1. The van der Waals surface area contributed by atoms with Crippen molar-refractivity contribution in [3.8, 4) is 0 Å². The van der Waals surface area contributed by atoms with Gasteiger partial charge in [0.25, 0.3) is 0 Å². The number of imidazole rings is 1. The molecule has 0 spiro atoms. The Balaban J connectivity index is 0.00000256. The highest BCUT2D eigenvalue weighted by Crippen LogP contribution is 2.27. The number of H-pyrrole nitrogens is 1. The lowest BCUT2D eigenvalue weighted by Gasteiger charge is -2.39. The van der Waals surface area contributed by atoms with Gasteiger partial charge in [0.15, 0.2) is 5.96 Å². The second kappa shape index (κ2) is 10.3. The number of nitrogens with one attached hydrogen (secondary N) is 2. The molecule has 3 aromatic rings. The minimum Gasteiger partial charge on any atom is -0.361 e. The summed E-state index contributed by atoms with van der Waals surface area (Å²) in [6.45, 7) is 10.3. The number of nitrogens with zero attached hydrogens (tertiary/aromatic N) is 4. The number of hydrogen-bond donors (Lipinski definition) is 2. The average molecular weight is 520 g/mol. The van der Waals surface area contributed by atoms with Crippen molar-refractivity contribution < 1.29 is 0 Å². The zero-order valence-corrected chi connectivity index (χ0v) is 20.5. The molecule has 2 unspecified atom stereocenters. The van der Waals surface area contributed by atoms with Gasteiger partial charge in [0.05, 0.1) is 12.4 Å². The molecule has 0 bridgehead atoms. The van der Waals surface area contributed by atoms with Gasteiger partial charge in [0.2, 0.25) is 0 Å². The highest BCUT2D eigenvalue weighted by atomic mass is 127. The van der Waals surface area contributed by atoms with Crippen LogP contribution < -0.4 is 5.32 Å². The number of likely N-dealkylation sites (tertiary alicyclic amines) is 1. The molecule has 7 heteroatoms. The minimum atomic E-state index is 0. The van der Waals surface area contributed by atoms with E-state index in [0.29, 0.717) is 12.0 Å². The fraction of sp³-hybridized carbons (Fsp3) is 0.478. The minimum absolute atomic E-state index is 0. The lowest BCUT2D eigenvalue weighted by Crippen LogP contribution is -2.49. The van der Waals surface area contributed by atoms with Crippen LogP contribution in [-0.4, -0.2) is 51.6 Å². The maximum Gasteiger partial charge on any atom is 0.193 e. The van der Waals surface area contributed by atoms with E-state index in [1.165, 1.54) is 22.0 Å². The summed E-state index contributed by atoms with van der Waals surface area (Å²) in [4.78, 5) is 15.1. The molecule has 2 aromatic heterocycles. The van der Waals surface area contributed by atoms with Crippen molar-refractivity contribution in [1.29, 1.82) is 0 Å². The Hall–Kier alpha value is -2.03. The van der Waals surface area contributed by atoms with Crippen molar-refractivity contribution in [2.24, 2.45) is 10.9 Å². The number of guanidine groups is 1. The number of aromatic amines is 1. The predicted molar refractivity (Wildman–Crippen MR) is 135 cm³/mol. The zero-order valence-electron chi connectivity index (χ0n) is 18.1. The first-order valence-electron chi connectivity index (χ1n) is 10.7. The summed E-state index contributed by atoms with van der Waals surface area (Å²) in [5, 5.41) is 4.82. The van der Waals surface area contributed by atoms with Crippen molar-refractivity contribution in [1.82, 2.24) is 24.8 Å². The van der Waals surface area contributed by atoms with Gasteiger partial charge in [0, 0.05) is 55.7 Å². The first kappa shape index (κ1) is 22.7. The number of piperidine rings is 1. The Morgan fingerprint density at radius 1 is 1.37 bits per heavy atom. The molecule has 0 radical (unpaired) electrons. The predicted octanol–water partition coefficient (Wildman–Crippen LogP) is 4.38. The molecule has 0 amide bonds. The van der Waals surface area contributed by atoms with Crippen molar-refractivity contribution in [3.05, 3.63) is 54.2 Å². The Kier molecular flexibility index (Phi) is 7.80. The highest BCUT2D eigenvalue weighted by Gasteiger charge is 2.28. The van der Waals surface area contributed by atoms with Crippen molar-refractivity contribution in [2.45, 2.75) is 39.7 Å².